The van der Waals surface area contributed by atoms with E-state index in [1.165, 1.54) is 0 Å². The lowest BCUT2D eigenvalue weighted by atomic mass is 10.1. The Hall–Kier alpha value is -1.26. The molecule has 118 valence electrons. The van der Waals surface area contributed by atoms with Gasteiger partial charge in [-0.1, -0.05) is 37.9 Å². The van der Waals surface area contributed by atoms with Crippen LogP contribution in [0.25, 0.3) is 0 Å². The number of unbranched alkanes of at least 4 members (excludes halogenated alkanes) is 1. The van der Waals surface area contributed by atoms with Crippen molar-refractivity contribution >= 4 is 23.2 Å². The maximum Gasteiger partial charge on any atom is 0.236 e. The van der Waals surface area contributed by atoms with Crippen LogP contribution < -0.4 is 16.0 Å². The van der Waals surface area contributed by atoms with Gasteiger partial charge < -0.3 is 16.0 Å². The summed E-state index contributed by atoms with van der Waals surface area (Å²) < 4.78 is 0. The number of amides is 1. The van der Waals surface area contributed by atoms with Crippen molar-refractivity contribution in [1.29, 1.82) is 0 Å². The van der Waals surface area contributed by atoms with Crippen molar-refractivity contribution < 1.29 is 4.79 Å². The van der Waals surface area contributed by atoms with Crippen LogP contribution >= 0.6 is 11.6 Å². The lowest BCUT2D eigenvalue weighted by Gasteiger charge is -2.26. The summed E-state index contributed by atoms with van der Waals surface area (Å²) in [6, 6.07) is 5.81. The van der Waals surface area contributed by atoms with E-state index in [0.717, 1.165) is 48.6 Å². The number of halogens is 1. The Morgan fingerprint density at radius 2 is 2.10 bits per heavy atom. The zero-order valence-electron chi connectivity index (χ0n) is 13.0. The summed E-state index contributed by atoms with van der Waals surface area (Å²) in [6.45, 7) is 6.92. The summed E-state index contributed by atoms with van der Waals surface area (Å²) in [5, 5.41) is 4.09. The number of hydrogen-bond acceptors (Lipinski definition) is 3. The van der Waals surface area contributed by atoms with Crippen LogP contribution in [0.1, 0.15) is 38.7 Å². The van der Waals surface area contributed by atoms with Crippen molar-refractivity contribution in [1.82, 2.24) is 5.32 Å². The molecule has 0 radical (unpaired) electrons. The fraction of sp³-hybridized carbons (Fsp3) is 0.562. The number of primary amides is 1. The average molecular weight is 312 g/mol. The lowest BCUT2D eigenvalue weighted by molar-refractivity contribution is -0.116. The first-order valence-electron chi connectivity index (χ1n) is 7.61. The standard InChI is InChI=1S/C16H26ClN3O/c1-3-5-10-20(12-16(18)21)15-8-6-7-14(17)13(15)11-19-9-4-2/h6-8,19H,3-5,9-12H2,1-2H3,(H2,18,21). The number of rotatable bonds is 10. The number of nitrogens with one attached hydrogen (secondary N) is 1. The highest BCUT2D eigenvalue weighted by Crippen LogP contribution is 2.27. The number of nitrogens with zero attached hydrogens (tertiary/aromatic N) is 1. The minimum absolute atomic E-state index is 0.223. The lowest BCUT2D eigenvalue weighted by Crippen LogP contribution is -2.35. The molecule has 4 nitrogen and oxygen atoms in total. The van der Waals surface area contributed by atoms with Crippen LogP contribution in [0.5, 0.6) is 0 Å². The molecule has 0 fully saturated rings. The molecule has 0 saturated carbocycles. The Morgan fingerprint density at radius 1 is 1.33 bits per heavy atom. The molecule has 0 atom stereocenters. The highest BCUT2D eigenvalue weighted by atomic mass is 35.5. The van der Waals surface area contributed by atoms with Crippen molar-refractivity contribution in [3.05, 3.63) is 28.8 Å². The summed E-state index contributed by atoms with van der Waals surface area (Å²) >= 11 is 6.34. The van der Waals surface area contributed by atoms with Gasteiger partial charge in [0.15, 0.2) is 0 Å². The number of anilines is 1. The van der Waals surface area contributed by atoms with Crippen LogP contribution in [-0.4, -0.2) is 25.5 Å². The number of nitrogens with two attached hydrogens (primary N) is 1. The molecule has 0 aliphatic rings. The maximum absolute atomic E-state index is 11.3. The van der Waals surface area contributed by atoms with E-state index in [2.05, 4.69) is 19.2 Å². The molecular formula is C16H26ClN3O. The molecule has 0 unspecified atom stereocenters. The number of carbonyl (C=O) groups is 1. The van der Waals surface area contributed by atoms with E-state index in [-0.39, 0.29) is 12.5 Å². The molecule has 1 aromatic carbocycles. The van der Waals surface area contributed by atoms with E-state index >= 15 is 0 Å². The Labute approximate surface area is 132 Å². The summed E-state index contributed by atoms with van der Waals surface area (Å²) in [5.41, 5.74) is 7.41. The van der Waals surface area contributed by atoms with Gasteiger partial charge in [-0.05, 0) is 31.5 Å². The second-order valence-electron chi connectivity index (χ2n) is 5.16. The highest BCUT2D eigenvalue weighted by molar-refractivity contribution is 6.31. The fourth-order valence-corrected chi connectivity index (χ4v) is 2.47. The predicted octanol–water partition coefficient (Wildman–Crippen LogP) is 2.93. The normalized spacial score (nSPS) is 10.6. The van der Waals surface area contributed by atoms with Crippen LogP contribution in [-0.2, 0) is 11.3 Å². The third kappa shape index (κ3) is 5.94. The number of hydrogen-bond donors (Lipinski definition) is 2. The molecule has 1 amide bonds. The zero-order valence-corrected chi connectivity index (χ0v) is 13.7. The smallest absolute Gasteiger partial charge is 0.236 e. The number of carbonyl (C=O) groups excluding carboxylic acids is 1. The molecule has 0 heterocycles. The molecule has 0 saturated heterocycles. The largest absolute Gasteiger partial charge is 0.368 e. The minimum atomic E-state index is -0.321. The van der Waals surface area contributed by atoms with Crippen molar-refractivity contribution in [3.8, 4) is 0 Å². The van der Waals surface area contributed by atoms with Gasteiger partial charge in [0.1, 0.15) is 0 Å². The second kappa shape index (κ2) is 9.64. The van der Waals surface area contributed by atoms with Crippen LogP contribution in [0.15, 0.2) is 18.2 Å². The highest BCUT2D eigenvalue weighted by Gasteiger charge is 2.15. The molecule has 5 heteroatoms. The van der Waals surface area contributed by atoms with Gasteiger partial charge in [0, 0.05) is 29.4 Å². The van der Waals surface area contributed by atoms with Gasteiger partial charge in [0.05, 0.1) is 6.54 Å². The van der Waals surface area contributed by atoms with Gasteiger partial charge in [-0.15, -0.1) is 0 Å². The molecular weight excluding hydrogens is 286 g/mol. The van der Waals surface area contributed by atoms with Gasteiger partial charge in [0.25, 0.3) is 0 Å². The topological polar surface area (TPSA) is 58.4 Å². The summed E-state index contributed by atoms with van der Waals surface area (Å²) in [4.78, 5) is 13.4. The third-order valence-electron chi connectivity index (χ3n) is 3.29. The molecule has 0 aromatic heterocycles. The molecule has 21 heavy (non-hydrogen) atoms. The maximum atomic E-state index is 11.3. The van der Waals surface area contributed by atoms with Gasteiger partial charge in [-0.2, -0.15) is 0 Å². The molecule has 0 aliphatic carbocycles. The predicted molar refractivity (Wildman–Crippen MR) is 89.8 cm³/mol. The average Bonchev–Trinajstić information content (AvgIpc) is 2.45. The van der Waals surface area contributed by atoms with E-state index in [1.54, 1.807) is 0 Å². The molecule has 0 spiro atoms. The first-order chi connectivity index (χ1) is 10.1. The van der Waals surface area contributed by atoms with Gasteiger partial charge in [-0.3, -0.25) is 4.79 Å². The zero-order chi connectivity index (χ0) is 15.7. The summed E-state index contributed by atoms with van der Waals surface area (Å²) in [5.74, 6) is -0.321. The first kappa shape index (κ1) is 17.8. The van der Waals surface area contributed by atoms with E-state index in [9.17, 15) is 4.79 Å². The van der Waals surface area contributed by atoms with Crippen molar-refractivity contribution in [2.24, 2.45) is 5.73 Å². The second-order valence-corrected chi connectivity index (χ2v) is 5.56. The van der Waals surface area contributed by atoms with Crippen LogP contribution in [0.3, 0.4) is 0 Å². The number of benzene rings is 1. The Balaban J connectivity index is 2.98. The van der Waals surface area contributed by atoms with E-state index in [0.29, 0.717) is 6.54 Å². The van der Waals surface area contributed by atoms with E-state index in [4.69, 9.17) is 17.3 Å². The van der Waals surface area contributed by atoms with Gasteiger partial charge in [0.2, 0.25) is 5.91 Å². The molecule has 0 aliphatic heterocycles. The van der Waals surface area contributed by atoms with Crippen LogP contribution in [0.2, 0.25) is 5.02 Å². The Kier molecular flexibility index (Phi) is 8.16. The minimum Gasteiger partial charge on any atom is -0.368 e. The van der Waals surface area contributed by atoms with Crippen LogP contribution in [0, 0.1) is 0 Å². The SMILES string of the molecule is CCCCN(CC(N)=O)c1cccc(Cl)c1CNCCC. The van der Waals surface area contributed by atoms with Crippen molar-refractivity contribution in [3.63, 3.8) is 0 Å². The Bertz CT molecular complexity index is 451. The molecule has 3 N–H and O–H groups in total. The summed E-state index contributed by atoms with van der Waals surface area (Å²) in [7, 11) is 0. The third-order valence-corrected chi connectivity index (χ3v) is 3.65. The monoisotopic (exact) mass is 311 g/mol. The van der Waals surface area contributed by atoms with Crippen LogP contribution in [0.4, 0.5) is 5.69 Å². The van der Waals surface area contributed by atoms with E-state index < -0.39 is 0 Å². The molecule has 1 aromatic rings. The summed E-state index contributed by atoms with van der Waals surface area (Å²) in [6.07, 6.45) is 3.15. The molecule has 1 rings (SSSR count). The van der Waals surface area contributed by atoms with Gasteiger partial charge in [-0.25, -0.2) is 0 Å². The van der Waals surface area contributed by atoms with Crippen molar-refractivity contribution in [2.75, 3.05) is 24.5 Å². The van der Waals surface area contributed by atoms with E-state index in [1.807, 2.05) is 23.1 Å². The quantitative estimate of drug-likeness (QED) is 0.653. The van der Waals surface area contributed by atoms with Gasteiger partial charge >= 0.3 is 0 Å². The Morgan fingerprint density at radius 3 is 2.71 bits per heavy atom. The fourth-order valence-electron chi connectivity index (χ4n) is 2.23. The van der Waals surface area contributed by atoms with Crippen molar-refractivity contribution in [2.45, 2.75) is 39.7 Å². The molecule has 0 bridgehead atoms. The first-order valence-corrected chi connectivity index (χ1v) is 7.99.